The first-order valence-electron chi connectivity index (χ1n) is 10.7. The van der Waals surface area contributed by atoms with Gasteiger partial charge in [0.25, 0.3) is 11.6 Å². The molecule has 0 bridgehead atoms. The van der Waals surface area contributed by atoms with Crippen LogP contribution in [0, 0.1) is 10.1 Å². The summed E-state index contributed by atoms with van der Waals surface area (Å²) in [5, 5.41) is 11.1. The summed E-state index contributed by atoms with van der Waals surface area (Å²) in [5.41, 5.74) is 0.517. The van der Waals surface area contributed by atoms with Gasteiger partial charge < -0.3 is 9.30 Å². The number of hydrogen-bond acceptors (Lipinski definition) is 8. The van der Waals surface area contributed by atoms with Crippen LogP contribution in [0.5, 0.6) is 0 Å². The number of carbonyl (C=O) groups excluding carboxylic acids is 2. The summed E-state index contributed by atoms with van der Waals surface area (Å²) in [6.45, 7) is 0.707. The number of rotatable bonds is 6. The average Bonchev–Trinajstić information content (AvgIpc) is 3.20. The summed E-state index contributed by atoms with van der Waals surface area (Å²) >= 11 is 1.02. The molecular formula is C22H22N4O7S2. The fourth-order valence-corrected chi connectivity index (χ4v) is 6.36. The quantitative estimate of drug-likeness (QED) is 0.277. The number of methoxy groups -OCH3 is 1. The minimum Gasteiger partial charge on any atom is -0.468 e. The van der Waals surface area contributed by atoms with Gasteiger partial charge in [0, 0.05) is 30.8 Å². The second kappa shape index (κ2) is 10.1. The van der Waals surface area contributed by atoms with Gasteiger partial charge in [-0.05, 0) is 43.2 Å². The number of amides is 1. The highest BCUT2D eigenvalue weighted by Gasteiger charge is 2.26. The maximum absolute atomic E-state index is 12.9. The van der Waals surface area contributed by atoms with Crippen LogP contribution < -0.4 is 4.80 Å². The van der Waals surface area contributed by atoms with Crippen molar-refractivity contribution in [1.29, 1.82) is 0 Å². The second-order valence-corrected chi connectivity index (χ2v) is 10.8. The van der Waals surface area contributed by atoms with Crippen molar-refractivity contribution >= 4 is 49.1 Å². The summed E-state index contributed by atoms with van der Waals surface area (Å²) in [5.74, 6) is -1.23. The van der Waals surface area contributed by atoms with Gasteiger partial charge in [0.2, 0.25) is 10.0 Å². The van der Waals surface area contributed by atoms with E-state index in [0.29, 0.717) is 23.3 Å². The number of esters is 1. The number of hydrogen-bond donors (Lipinski definition) is 0. The first kappa shape index (κ1) is 24.7. The van der Waals surface area contributed by atoms with Crippen LogP contribution in [0.15, 0.2) is 52.4 Å². The number of carbonyl (C=O) groups is 2. The van der Waals surface area contributed by atoms with Gasteiger partial charge in [-0.15, -0.1) is 0 Å². The Kier molecular flexibility index (Phi) is 7.10. The van der Waals surface area contributed by atoms with Crippen molar-refractivity contribution in [2.45, 2.75) is 30.7 Å². The number of non-ortho nitro benzene ring substituents is 1. The van der Waals surface area contributed by atoms with Crippen molar-refractivity contribution in [1.82, 2.24) is 8.87 Å². The van der Waals surface area contributed by atoms with Crippen LogP contribution >= 0.6 is 11.3 Å². The third-order valence-electron chi connectivity index (χ3n) is 5.64. The van der Waals surface area contributed by atoms with E-state index in [4.69, 9.17) is 4.74 Å². The molecule has 0 spiro atoms. The Balaban J connectivity index is 1.69. The molecule has 35 heavy (non-hydrogen) atoms. The molecule has 2 aromatic carbocycles. The Bertz CT molecular complexity index is 1470. The standard InChI is InChI=1S/C22H22N4O7S2/c1-33-20(27)14-25-18-10-7-16(26(29)30)13-19(18)34-22(25)23-21(28)15-5-8-17(9-6-15)35(31,32)24-11-3-2-4-12-24/h5-10,13H,2-4,11-12,14H2,1H3. The minimum atomic E-state index is -3.63. The zero-order valence-corrected chi connectivity index (χ0v) is 20.4. The normalized spacial score (nSPS) is 15.3. The molecular weight excluding hydrogens is 496 g/mol. The number of nitro groups is 1. The average molecular weight is 519 g/mol. The Labute approximate surface area is 204 Å². The molecule has 11 nitrogen and oxygen atoms in total. The number of aromatic nitrogens is 1. The van der Waals surface area contributed by atoms with Crippen LogP contribution in [-0.4, -0.2) is 54.3 Å². The van der Waals surface area contributed by atoms with E-state index in [0.717, 1.165) is 30.6 Å². The summed E-state index contributed by atoms with van der Waals surface area (Å²) in [6.07, 6.45) is 2.64. The third-order valence-corrected chi connectivity index (χ3v) is 8.60. The highest BCUT2D eigenvalue weighted by molar-refractivity contribution is 7.89. The van der Waals surface area contributed by atoms with Crippen molar-refractivity contribution in [3.8, 4) is 0 Å². The van der Waals surface area contributed by atoms with Gasteiger partial charge in [0.15, 0.2) is 4.80 Å². The van der Waals surface area contributed by atoms with E-state index < -0.39 is 26.8 Å². The monoisotopic (exact) mass is 518 g/mol. The van der Waals surface area contributed by atoms with E-state index in [1.54, 1.807) is 0 Å². The Morgan fingerprint density at radius 1 is 1.11 bits per heavy atom. The summed E-state index contributed by atoms with van der Waals surface area (Å²) in [4.78, 5) is 39.8. The molecule has 184 valence electrons. The van der Waals surface area contributed by atoms with E-state index in [9.17, 15) is 28.1 Å². The molecule has 1 amide bonds. The van der Waals surface area contributed by atoms with Crippen LogP contribution in [0.1, 0.15) is 29.6 Å². The van der Waals surface area contributed by atoms with E-state index in [2.05, 4.69) is 4.99 Å². The maximum Gasteiger partial charge on any atom is 0.325 e. The molecule has 1 aliphatic heterocycles. The van der Waals surface area contributed by atoms with Gasteiger partial charge in [0.1, 0.15) is 6.54 Å². The molecule has 0 unspecified atom stereocenters. The minimum absolute atomic E-state index is 0.103. The van der Waals surface area contributed by atoms with Crippen LogP contribution in [0.3, 0.4) is 0 Å². The van der Waals surface area contributed by atoms with E-state index in [-0.39, 0.29) is 27.5 Å². The van der Waals surface area contributed by atoms with Crippen molar-refractivity contribution in [2.24, 2.45) is 4.99 Å². The number of fused-ring (bicyclic) bond motifs is 1. The number of nitrogens with zero attached hydrogens (tertiary/aromatic N) is 4. The molecule has 2 heterocycles. The summed E-state index contributed by atoms with van der Waals surface area (Å²) < 4.78 is 33.8. The van der Waals surface area contributed by atoms with Gasteiger partial charge in [-0.3, -0.25) is 19.7 Å². The Morgan fingerprint density at radius 2 is 1.80 bits per heavy atom. The number of sulfonamides is 1. The fraction of sp³-hybridized carbons (Fsp3) is 0.318. The number of piperidine rings is 1. The van der Waals surface area contributed by atoms with Gasteiger partial charge in [-0.2, -0.15) is 9.30 Å². The van der Waals surface area contributed by atoms with Gasteiger partial charge in [-0.25, -0.2) is 8.42 Å². The second-order valence-electron chi connectivity index (χ2n) is 7.86. The SMILES string of the molecule is COC(=O)Cn1c(=NC(=O)c2ccc(S(=O)(=O)N3CCCCC3)cc2)sc2cc([N+](=O)[O-])ccc21. The summed E-state index contributed by atoms with van der Waals surface area (Å²) in [6, 6.07) is 9.67. The predicted octanol–water partition coefficient (Wildman–Crippen LogP) is 2.70. The lowest BCUT2D eigenvalue weighted by molar-refractivity contribution is -0.384. The molecule has 0 radical (unpaired) electrons. The molecule has 1 aromatic heterocycles. The lowest BCUT2D eigenvalue weighted by Crippen LogP contribution is -2.35. The van der Waals surface area contributed by atoms with E-state index in [1.807, 2.05) is 0 Å². The van der Waals surface area contributed by atoms with Crippen molar-refractivity contribution in [3.63, 3.8) is 0 Å². The number of benzene rings is 2. The van der Waals surface area contributed by atoms with Crippen LogP contribution in [0.2, 0.25) is 0 Å². The molecule has 0 aliphatic carbocycles. The van der Waals surface area contributed by atoms with E-state index in [1.165, 1.54) is 58.4 Å². The number of thiazole rings is 1. The summed E-state index contributed by atoms with van der Waals surface area (Å²) in [7, 11) is -2.41. The van der Waals surface area contributed by atoms with Crippen molar-refractivity contribution in [3.05, 3.63) is 62.9 Å². The fourth-order valence-electron chi connectivity index (χ4n) is 3.78. The zero-order valence-electron chi connectivity index (χ0n) is 18.7. The van der Waals surface area contributed by atoms with E-state index >= 15 is 0 Å². The number of nitro benzene ring substituents is 1. The molecule has 1 saturated heterocycles. The largest absolute Gasteiger partial charge is 0.468 e. The first-order chi connectivity index (χ1) is 16.7. The van der Waals surface area contributed by atoms with Crippen LogP contribution in [0.4, 0.5) is 5.69 Å². The molecule has 0 N–H and O–H groups in total. The lowest BCUT2D eigenvalue weighted by Gasteiger charge is -2.25. The maximum atomic E-state index is 12.9. The number of ether oxygens (including phenoxy) is 1. The molecule has 4 rings (SSSR count). The Morgan fingerprint density at radius 3 is 2.43 bits per heavy atom. The van der Waals surface area contributed by atoms with Crippen molar-refractivity contribution in [2.75, 3.05) is 20.2 Å². The smallest absolute Gasteiger partial charge is 0.325 e. The molecule has 3 aromatic rings. The first-order valence-corrected chi connectivity index (χ1v) is 13.0. The highest BCUT2D eigenvalue weighted by atomic mass is 32.2. The third kappa shape index (κ3) is 5.16. The topological polar surface area (TPSA) is 141 Å². The predicted molar refractivity (Wildman–Crippen MR) is 127 cm³/mol. The lowest BCUT2D eigenvalue weighted by atomic mass is 10.2. The molecule has 0 saturated carbocycles. The van der Waals surface area contributed by atoms with Crippen LogP contribution in [-0.2, 0) is 26.1 Å². The van der Waals surface area contributed by atoms with Gasteiger partial charge in [0.05, 0.1) is 27.1 Å². The zero-order chi connectivity index (χ0) is 25.2. The Hall–Kier alpha value is -3.42. The van der Waals surface area contributed by atoms with Crippen molar-refractivity contribution < 1.29 is 27.7 Å². The molecule has 1 aliphatic rings. The van der Waals surface area contributed by atoms with Gasteiger partial charge in [-0.1, -0.05) is 17.8 Å². The molecule has 13 heteroatoms. The molecule has 1 fully saturated rings. The highest BCUT2D eigenvalue weighted by Crippen LogP contribution is 2.24. The van der Waals surface area contributed by atoms with Gasteiger partial charge >= 0.3 is 5.97 Å². The molecule has 0 atom stereocenters. The van der Waals surface area contributed by atoms with Crippen LogP contribution in [0.25, 0.3) is 10.2 Å².